The predicted molar refractivity (Wildman–Crippen MR) is 68.8 cm³/mol. The summed E-state index contributed by atoms with van der Waals surface area (Å²) < 4.78 is 0. The average molecular weight is 228 g/mol. The maximum Gasteiger partial charge on any atom is 0.168 e. The normalized spacial score (nSPS) is 12.9. The van der Waals surface area contributed by atoms with Crippen LogP contribution in [0.2, 0.25) is 0 Å². The topological polar surface area (TPSA) is 37.3 Å². The van der Waals surface area contributed by atoms with Crippen LogP contribution < -0.4 is 0 Å². The summed E-state index contributed by atoms with van der Waals surface area (Å²) in [6.45, 7) is 3.60. The lowest BCUT2D eigenvalue weighted by molar-refractivity contribution is -0.130. The highest BCUT2D eigenvalue weighted by atomic mass is 16.3. The molecular formula is C15H16O2. The Balaban J connectivity index is 2.39. The monoisotopic (exact) mass is 228 g/mol. The van der Waals surface area contributed by atoms with Crippen LogP contribution in [0.15, 0.2) is 42.5 Å². The molecule has 0 radical (unpaired) electrons. The number of hydrogen-bond acceptors (Lipinski definition) is 2. The average Bonchev–Trinajstić information content (AvgIpc) is 2.36. The van der Waals surface area contributed by atoms with Crippen molar-refractivity contribution in [3.8, 4) is 0 Å². The van der Waals surface area contributed by atoms with Gasteiger partial charge in [-0.15, -0.1) is 0 Å². The molecule has 0 saturated carbocycles. The summed E-state index contributed by atoms with van der Waals surface area (Å²) in [4.78, 5) is 11.7. The van der Waals surface area contributed by atoms with Gasteiger partial charge < -0.3 is 5.11 Å². The fraction of sp³-hybridized carbons (Fsp3) is 0.267. The third-order valence-corrected chi connectivity index (χ3v) is 2.93. The number of ketones is 1. The maximum atomic E-state index is 11.7. The SMILES string of the molecule is CC(C)C(=O)[C@@H](O)c1ccc2ccccc2c1. The Morgan fingerprint density at radius 1 is 1.06 bits per heavy atom. The van der Waals surface area contributed by atoms with E-state index in [4.69, 9.17) is 0 Å². The minimum Gasteiger partial charge on any atom is -0.381 e. The van der Waals surface area contributed by atoms with Gasteiger partial charge in [-0.25, -0.2) is 0 Å². The Kier molecular flexibility index (Phi) is 3.25. The minimum atomic E-state index is -1.01. The number of hydrogen-bond donors (Lipinski definition) is 1. The van der Waals surface area contributed by atoms with E-state index in [2.05, 4.69) is 0 Å². The molecule has 0 aliphatic rings. The molecule has 0 aromatic heterocycles. The molecule has 0 fully saturated rings. The highest BCUT2D eigenvalue weighted by Crippen LogP contribution is 2.22. The van der Waals surface area contributed by atoms with Crippen LogP contribution in [0.4, 0.5) is 0 Å². The highest BCUT2D eigenvalue weighted by Gasteiger charge is 2.20. The lowest BCUT2D eigenvalue weighted by atomic mass is 9.96. The number of aliphatic hydroxyl groups excluding tert-OH is 1. The van der Waals surface area contributed by atoms with Gasteiger partial charge in [0, 0.05) is 5.92 Å². The summed E-state index contributed by atoms with van der Waals surface area (Å²) in [5.74, 6) is -0.295. The van der Waals surface area contributed by atoms with Crippen LogP contribution in [-0.4, -0.2) is 10.9 Å². The van der Waals surface area contributed by atoms with Crippen LogP contribution in [0.5, 0.6) is 0 Å². The molecule has 2 nitrogen and oxygen atoms in total. The van der Waals surface area contributed by atoms with Gasteiger partial charge in [-0.2, -0.15) is 0 Å². The number of rotatable bonds is 3. The van der Waals surface area contributed by atoms with Crippen LogP contribution >= 0.6 is 0 Å². The van der Waals surface area contributed by atoms with Gasteiger partial charge in [0.25, 0.3) is 0 Å². The molecule has 2 aromatic carbocycles. The van der Waals surface area contributed by atoms with Gasteiger partial charge >= 0.3 is 0 Å². The molecule has 0 heterocycles. The molecule has 0 unspecified atom stereocenters. The molecule has 0 amide bonds. The fourth-order valence-corrected chi connectivity index (χ4v) is 1.86. The van der Waals surface area contributed by atoms with Gasteiger partial charge in [-0.3, -0.25) is 4.79 Å². The number of carbonyl (C=O) groups is 1. The van der Waals surface area contributed by atoms with E-state index in [1.54, 1.807) is 13.8 Å². The summed E-state index contributed by atoms with van der Waals surface area (Å²) in [6, 6.07) is 13.5. The van der Waals surface area contributed by atoms with Gasteiger partial charge in [-0.05, 0) is 22.4 Å². The molecule has 0 bridgehead atoms. The number of Topliss-reactive ketones (excluding diaryl/α,β-unsaturated/α-hetero) is 1. The largest absolute Gasteiger partial charge is 0.381 e. The van der Waals surface area contributed by atoms with E-state index in [1.165, 1.54) is 0 Å². The zero-order valence-corrected chi connectivity index (χ0v) is 10.1. The van der Waals surface area contributed by atoms with Crippen molar-refractivity contribution in [1.29, 1.82) is 0 Å². The third-order valence-electron chi connectivity index (χ3n) is 2.93. The van der Waals surface area contributed by atoms with E-state index in [0.717, 1.165) is 10.8 Å². The Bertz CT molecular complexity index is 543. The van der Waals surface area contributed by atoms with Crippen molar-refractivity contribution < 1.29 is 9.90 Å². The molecule has 17 heavy (non-hydrogen) atoms. The second-order valence-electron chi connectivity index (χ2n) is 4.57. The molecule has 1 N–H and O–H groups in total. The van der Waals surface area contributed by atoms with E-state index in [9.17, 15) is 9.90 Å². The lowest BCUT2D eigenvalue weighted by Crippen LogP contribution is -2.17. The first-order chi connectivity index (χ1) is 8.09. The summed E-state index contributed by atoms with van der Waals surface area (Å²) >= 11 is 0. The molecule has 2 rings (SSSR count). The highest BCUT2D eigenvalue weighted by molar-refractivity contribution is 5.88. The smallest absolute Gasteiger partial charge is 0.168 e. The van der Waals surface area contributed by atoms with Crippen LogP contribution in [0.25, 0.3) is 10.8 Å². The fourth-order valence-electron chi connectivity index (χ4n) is 1.86. The van der Waals surface area contributed by atoms with Crippen molar-refractivity contribution in [2.45, 2.75) is 20.0 Å². The maximum absolute atomic E-state index is 11.7. The van der Waals surface area contributed by atoms with E-state index >= 15 is 0 Å². The molecule has 1 atom stereocenters. The first-order valence-electron chi connectivity index (χ1n) is 5.80. The molecule has 0 spiro atoms. The minimum absolute atomic E-state index is 0.139. The Labute approximate surface area is 101 Å². The second kappa shape index (κ2) is 4.68. The Morgan fingerprint density at radius 2 is 1.71 bits per heavy atom. The van der Waals surface area contributed by atoms with Gasteiger partial charge in [0.05, 0.1) is 0 Å². The van der Waals surface area contributed by atoms with Gasteiger partial charge in [0.1, 0.15) is 6.10 Å². The molecule has 0 aliphatic carbocycles. The van der Waals surface area contributed by atoms with Crippen molar-refractivity contribution in [3.63, 3.8) is 0 Å². The number of fused-ring (bicyclic) bond motifs is 1. The van der Waals surface area contributed by atoms with E-state index < -0.39 is 6.10 Å². The second-order valence-corrected chi connectivity index (χ2v) is 4.57. The van der Waals surface area contributed by atoms with Crippen molar-refractivity contribution >= 4 is 16.6 Å². The van der Waals surface area contributed by atoms with Crippen molar-refractivity contribution in [2.75, 3.05) is 0 Å². The number of aliphatic hydroxyl groups is 1. The number of carbonyl (C=O) groups excluding carboxylic acids is 1. The zero-order valence-electron chi connectivity index (χ0n) is 10.1. The quantitative estimate of drug-likeness (QED) is 0.876. The summed E-state index contributed by atoms with van der Waals surface area (Å²) in [7, 11) is 0. The van der Waals surface area contributed by atoms with Gasteiger partial charge in [-0.1, -0.05) is 50.2 Å². The standard InChI is InChI=1S/C15H16O2/c1-10(2)14(16)15(17)13-8-7-11-5-3-4-6-12(11)9-13/h3-10,15,17H,1-2H3/t15-/m0/s1. The molecule has 88 valence electrons. The predicted octanol–water partition coefficient (Wildman–Crippen LogP) is 3.10. The zero-order chi connectivity index (χ0) is 12.4. The van der Waals surface area contributed by atoms with E-state index in [1.807, 2.05) is 42.5 Å². The van der Waals surface area contributed by atoms with E-state index in [0.29, 0.717) is 5.56 Å². The summed E-state index contributed by atoms with van der Waals surface area (Å²) in [6.07, 6.45) is -1.01. The van der Waals surface area contributed by atoms with E-state index in [-0.39, 0.29) is 11.7 Å². The first kappa shape index (κ1) is 11.8. The lowest BCUT2D eigenvalue weighted by Gasteiger charge is -2.13. The third kappa shape index (κ3) is 2.37. The van der Waals surface area contributed by atoms with Crippen LogP contribution in [0.1, 0.15) is 25.5 Å². The number of benzene rings is 2. The Morgan fingerprint density at radius 3 is 2.35 bits per heavy atom. The molecule has 2 aromatic rings. The Hall–Kier alpha value is -1.67. The summed E-state index contributed by atoms with van der Waals surface area (Å²) in [5.41, 5.74) is 0.669. The van der Waals surface area contributed by atoms with Crippen molar-refractivity contribution in [2.24, 2.45) is 5.92 Å². The molecule has 0 aliphatic heterocycles. The molecular weight excluding hydrogens is 212 g/mol. The van der Waals surface area contributed by atoms with Crippen molar-refractivity contribution in [3.05, 3.63) is 48.0 Å². The summed E-state index contributed by atoms with van der Waals surface area (Å²) in [5, 5.41) is 12.1. The van der Waals surface area contributed by atoms with Crippen LogP contribution in [0.3, 0.4) is 0 Å². The van der Waals surface area contributed by atoms with Crippen LogP contribution in [-0.2, 0) is 4.79 Å². The van der Waals surface area contributed by atoms with Crippen LogP contribution in [0, 0.1) is 5.92 Å². The van der Waals surface area contributed by atoms with Crippen molar-refractivity contribution in [1.82, 2.24) is 0 Å². The molecule has 0 saturated heterocycles. The van der Waals surface area contributed by atoms with Gasteiger partial charge in [0.2, 0.25) is 0 Å². The first-order valence-corrected chi connectivity index (χ1v) is 5.80. The van der Waals surface area contributed by atoms with Gasteiger partial charge in [0.15, 0.2) is 5.78 Å². The molecule has 2 heteroatoms.